The van der Waals surface area contributed by atoms with Gasteiger partial charge in [0.2, 0.25) is 0 Å². The molecule has 5 atom stereocenters. The Balaban J connectivity index is 1.39. The number of nitrogens with two attached hydrogens (primary N) is 1. The van der Waals surface area contributed by atoms with Crippen molar-refractivity contribution >= 4 is 18.7 Å². The molecule has 2 saturated heterocycles. The lowest BCUT2D eigenvalue weighted by molar-refractivity contribution is -0.199. The van der Waals surface area contributed by atoms with Gasteiger partial charge in [0, 0.05) is 12.2 Å². The van der Waals surface area contributed by atoms with Crippen LogP contribution in [0.1, 0.15) is 56.8 Å². The average Bonchev–Trinajstić information content (AvgIpc) is 3.24. The number of anilines is 1. The highest BCUT2D eigenvalue weighted by Crippen LogP contribution is 2.65. The summed E-state index contributed by atoms with van der Waals surface area (Å²) in [5, 5.41) is 0. The first-order valence-electron chi connectivity index (χ1n) is 10.4. The highest BCUT2D eigenvalue weighted by molar-refractivity contribution is 6.48. The summed E-state index contributed by atoms with van der Waals surface area (Å²) in [7, 11) is -0.454. The summed E-state index contributed by atoms with van der Waals surface area (Å²) in [6.07, 6.45) is 3.93. The number of hydrogen-bond acceptors (Lipinski definition) is 4. The maximum atomic E-state index is 14.3. The molecule has 1 aromatic carbocycles. The fourth-order valence-electron chi connectivity index (χ4n) is 6.30. The van der Waals surface area contributed by atoms with E-state index in [1.165, 1.54) is 18.6 Å². The summed E-state index contributed by atoms with van der Waals surface area (Å²) in [6, 6.07) is 4.36. The van der Waals surface area contributed by atoms with Crippen LogP contribution in [0.2, 0.25) is 0 Å². The monoisotopic (exact) mass is 386 g/mol. The van der Waals surface area contributed by atoms with Gasteiger partial charge in [-0.25, -0.2) is 4.39 Å². The first-order chi connectivity index (χ1) is 13.2. The average molecular weight is 386 g/mol. The van der Waals surface area contributed by atoms with Crippen molar-refractivity contribution < 1.29 is 18.5 Å². The molecule has 2 N–H and O–H groups in total. The van der Waals surface area contributed by atoms with Crippen LogP contribution in [-0.4, -0.2) is 42.1 Å². The van der Waals surface area contributed by atoms with E-state index in [1.54, 1.807) is 11.0 Å². The number of nitrogens with zero attached hydrogens (tertiary/aromatic N) is 1. The Labute approximate surface area is 165 Å². The zero-order valence-corrected chi connectivity index (χ0v) is 16.8. The number of halogens is 1. The molecule has 1 aromatic rings. The zero-order valence-electron chi connectivity index (χ0n) is 16.8. The van der Waals surface area contributed by atoms with E-state index < -0.39 is 12.9 Å². The molecular weight excluding hydrogens is 358 g/mol. The van der Waals surface area contributed by atoms with Crippen molar-refractivity contribution in [1.82, 2.24) is 4.90 Å². The van der Waals surface area contributed by atoms with Crippen LogP contribution in [0.15, 0.2) is 18.2 Å². The molecule has 2 heterocycles. The molecule has 5 fully saturated rings. The number of nitrogen functional groups attached to an aromatic ring is 1. The van der Waals surface area contributed by atoms with Crippen molar-refractivity contribution in [3.05, 3.63) is 29.6 Å². The molecule has 5 nitrogen and oxygen atoms in total. The van der Waals surface area contributed by atoms with Crippen LogP contribution in [0.5, 0.6) is 0 Å². The van der Waals surface area contributed by atoms with Crippen molar-refractivity contribution in [2.24, 2.45) is 17.3 Å². The molecule has 3 aliphatic carbocycles. The SMILES string of the molecule is CC1(C)[C@@H]2C[C@H]3OB([C@@H]4CCCN4C(=O)c4c(N)cccc4F)O[C@@]3(C)[C@H]1C2. The fraction of sp³-hybridized carbons (Fsp3) is 0.667. The molecule has 6 rings (SSSR count). The van der Waals surface area contributed by atoms with Gasteiger partial charge in [0.15, 0.2) is 0 Å². The van der Waals surface area contributed by atoms with Gasteiger partial charge in [-0.3, -0.25) is 4.79 Å². The maximum absolute atomic E-state index is 14.3. The maximum Gasteiger partial charge on any atom is 0.481 e. The zero-order chi connectivity index (χ0) is 19.8. The lowest BCUT2D eigenvalue weighted by Crippen LogP contribution is -2.65. The minimum Gasteiger partial charge on any atom is -0.404 e. The molecule has 0 unspecified atom stereocenters. The largest absolute Gasteiger partial charge is 0.481 e. The highest BCUT2D eigenvalue weighted by Gasteiger charge is 2.69. The topological polar surface area (TPSA) is 64.8 Å². The van der Waals surface area contributed by atoms with Crippen molar-refractivity contribution in [1.29, 1.82) is 0 Å². The van der Waals surface area contributed by atoms with Gasteiger partial charge >= 0.3 is 7.12 Å². The van der Waals surface area contributed by atoms with Gasteiger partial charge in [0.1, 0.15) is 5.82 Å². The van der Waals surface area contributed by atoms with Gasteiger partial charge < -0.3 is 19.9 Å². The minimum atomic E-state index is -0.577. The standard InChI is InChI=1S/C21H28BFN2O3/c1-20(2)12-10-15(20)21(3)16(11-12)27-22(28-21)17-8-5-9-25(17)19(26)18-13(23)6-4-7-14(18)24/h4,6-7,12,15-17H,5,8-11,24H2,1-3H3/t12-,15-,16+,17-,21-/m0/s1. The Morgan fingerprint density at radius 2 is 2.11 bits per heavy atom. The molecule has 7 heteroatoms. The first kappa shape index (κ1) is 18.4. The van der Waals surface area contributed by atoms with Gasteiger partial charge in [0.25, 0.3) is 5.91 Å². The van der Waals surface area contributed by atoms with Gasteiger partial charge in [-0.2, -0.15) is 0 Å². The number of hydrogen-bond donors (Lipinski definition) is 1. The quantitative estimate of drug-likeness (QED) is 0.626. The lowest BCUT2D eigenvalue weighted by atomic mass is 9.43. The molecule has 5 aliphatic rings. The third-order valence-electron chi connectivity index (χ3n) is 8.10. The normalized spacial score (nSPS) is 38.3. The number of likely N-dealkylation sites (tertiary alicyclic amines) is 1. The Kier molecular flexibility index (Phi) is 3.92. The summed E-state index contributed by atoms with van der Waals surface area (Å²) in [5.74, 6) is 0.00952. The second kappa shape index (κ2) is 5.96. The van der Waals surface area contributed by atoms with Crippen LogP contribution in [0.25, 0.3) is 0 Å². The van der Waals surface area contributed by atoms with Crippen molar-refractivity contribution in [3.63, 3.8) is 0 Å². The number of amides is 1. The van der Waals surface area contributed by atoms with Gasteiger partial charge in [0.05, 0.1) is 23.2 Å². The first-order valence-corrected chi connectivity index (χ1v) is 10.4. The van der Waals surface area contributed by atoms with Crippen molar-refractivity contribution in [3.8, 4) is 0 Å². The molecule has 1 amide bonds. The van der Waals surface area contributed by atoms with E-state index >= 15 is 0 Å². The molecule has 28 heavy (non-hydrogen) atoms. The van der Waals surface area contributed by atoms with E-state index in [0.717, 1.165) is 19.3 Å². The molecule has 2 aliphatic heterocycles. The molecule has 0 aromatic heterocycles. The van der Waals surface area contributed by atoms with E-state index in [4.69, 9.17) is 15.0 Å². The summed E-state index contributed by atoms with van der Waals surface area (Å²) < 4.78 is 27.3. The van der Waals surface area contributed by atoms with E-state index in [1.807, 2.05) is 0 Å². The van der Waals surface area contributed by atoms with Crippen molar-refractivity contribution in [2.75, 3.05) is 12.3 Å². The number of carbonyl (C=O) groups excluding carboxylic acids is 1. The van der Waals surface area contributed by atoms with E-state index in [2.05, 4.69) is 20.8 Å². The third-order valence-corrected chi connectivity index (χ3v) is 8.10. The Morgan fingerprint density at radius 3 is 2.82 bits per heavy atom. The predicted molar refractivity (Wildman–Crippen MR) is 105 cm³/mol. The summed E-state index contributed by atoms with van der Waals surface area (Å²) in [4.78, 5) is 14.8. The second-order valence-electron chi connectivity index (χ2n) is 9.75. The Bertz CT molecular complexity index is 814. The van der Waals surface area contributed by atoms with Crippen LogP contribution in [0, 0.1) is 23.1 Å². The number of benzene rings is 1. The highest BCUT2D eigenvalue weighted by atomic mass is 19.1. The summed E-state index contributed by atoms with van der Waals surface area (Å²) >= 11 is 0. The minimum absolute atomic E-state index is 0.0422. The molecular formula is C21H28BFN2O3. The van der Waals surface area contributed by atoms with Crippen LogP contribution in [0.4, 0.5) is 10.1 Å². The van der Waals surface area contributed by atoms with Crippen LogP contribution < -0.4 is 5.73 Å². The smallest absolute Gasteiger partial charge is 0.404 e. The molecule has 2 bridgehead atoms. The van der Waals surface area contributed by atoms with Gasteiger partial charge in [-0.15, -0.1) is 0 Å². The summed E-state index contributed by atoms with van der Waals surface area (Å²) in [6.45, 7) is 7.40. The van der Waals surface area contributed by atoms with Crippen LogP contribution in [0.3, 0.4) is 0 Å². The van der Waals surface area contributed by atoms with Gasteiger partial charge in [-0.1, -0.05) is 19.9 Å². The van der Waals surface area contributed by atoms with Gasteiger partial charge in [-0.05, 0) is 62.0 Å². The van der Waals surface area contributed by atoms with E-state index in [0.29, 0.717) is 18.4 Å². The Hall–Kier alpha value is -1.60. The number of carbonyl (C=O) groups is 1. The lowest BCUT2D eigenvalue weighted by Gasteiger charge is -2.64. The number of rotatable bonds is 2. The molecule has 0 spiro atoms. The fourth-order valence-corrected chi connectivity index (χ4v) is 6.30. The molecule has 0 radical (unpaired) electrons. The second-order valence-corrected chi connectivity index (χ2v) is 9.75. The molecule has 3 saturated carbocycles. The Morgan fingerprint density at radius 1 is 1.32 bits per heavy atom. The van der Waals surface area contributed by atoms with Crippen molar-refractivity contribution in [2.45, 2.75) is 64.1 Å². The molecule has 150 valence electrons. The van der Waals surface area contributed by atoms with Crippen LogP contribution in [-0.2, 0) is 9.31 Å². The predicted octanol–water partition coefficient (Wildman–Crippen LogP) is 3.28. The van der Waals surface area contributed by atoms with E-state index in [-0.39, 0.29) is 40.2 Å². The summed E-state index contributed by atoms with van der Waals surface area (Å²) in [5.41, 5.74) is 6.01. The van der Waals surface area contributed by atoms with E-state index in [9.17, 15) is 9.18 Å². The van der Waals surface area contributed by atoms with Crippen LogP contribution >= 0.6 is 0 Å². The third kappa shape index (κ3) is 2.35.